The molecule has 0 unspecified atom stereocenters. The smallest absolute Gasteiger partial charge is 0.235 e. The molecule has 2 heterocycles. The number of aromatic nitrogens is 3. The molecule has 2 fully saturated rings. The number of rotatable bonds is 2. The molecule has 38 heavy (non-hydrogen) atoms. The average molecular weight is 496 g/mol. The van der Waals surface area contributed by atoms with Crippen LogP contribution in [-0.2, 0) is 5.41 Å². The lowest BCUT2D eigenvalue weighted by Crippen LogP contribution is -2.43. The summed E-state index contributed by atoms with van der Waals surface area (Å²) in [6.45, 7) is 4.92. The molecule has 0 aliphatic heterocycles. The van der Waals surface area contributed by atoms with Crippen molar-refractivity contribution in [1.82, 2.24) is 14.5 Å². The number of para-hydroxylation sites is 2. The molecule has 0 radical (unpaired) electrons. The molecule has 2 aromatic heterocycles. The van der Waals surface area contributed by atoms with Crippen molar-refractivity contribution >= 4 is 43.5 Å². The van der Waals surface area contributed by atoms with Crippen molar-refractivity contribution in [3.8, 4) is 5.95 Å². The molecule has 0 amide bonds. The SMILES string of the molecule is C[C@H]1CC2C[C@H](C)CC(c3nc(-n4c5ccccc5c5cc6ccccc6cc54)nc4ccccc34)(C2)C1. The van der Waals surface area contributed by atoms with E-state index in [2.05, 4.69) is 103 Å². The zero-order chi connectivity index (χ0) is 25.4. The minimum Gasteiger partial charge on any atom is -0.278 e. The maximum absolute atomic E-state index is 5.58. The number of nitrogens with zero attached hydrogens (tertiary/aromatic N) is 3. The molecule has 3 heteroatoms. The fourth-order valence-corrected chi connectivity index (χ4v) is 8.43. The maximum atomic E-state index is 5.58. The number of benzene rings is 4. The van der Waals surface area contributed by atoms with Crippen molar-refractivity contribution in [2.45, 2.75) is 51.4 Å². The van der Waals surface area contributed by atoms with E-state index in [-0.39, 0.29) is 5.41 Å². The second-order valence-electron chi connectivity index (χ2n) is 12.4. The van der Waals surface area contributed by atoms with Crippen molar-refractivity contribution < 1.29 is 0 Å². The van der Waals surface area contributed by atoms with Gasteiger partial charge in [0, 0.05) is 21.6 Å². The van der Waals surface area contributed by atoms with E-state index < -0.39 is 0 Å². The highest BCUT2D eigenvalue weighted by atomic mass is 15.2. The van der Waals surface area contributed by atoms with E-state index in [4.69, 9.17) is 9.97 Å². The van der Waals surface area contributed by atoms with Crippen LogP contribution in [0.5, 0.6) is 0 Å². The largest absolute Gasteiger partial charge is 0.278 e. The molecule has 2 aliphatic carbocycles. The van der Waals surface area contributed by atoms with E-state index in [1.165, 1.54) is 75.8 Å². The normalized spacial score (nSPS) is 25.5. The van der Waals surface area contributed by atoms with Gasteiger partial charge in [0.1, 0.15) is 0 Å². The Morgan fingerprint density at radius 1 is 0.658 bits per heavy atom. The van der Waals surface area contributed by atoms with E-state index >= 15 is 0 Å². The summed E-state index contributed by atoms with van der Waals surface area (Å²) in [5, 5.41) is 6.26. The molecule has 0 spiro atoms. The Morgan fingerprint density at radius 2 is 1.32 bits per heavy atom. The number of hydrogen-bond acceptors (Lipinski definition) is 2. The van der Waals surface area contributed by atoms with Gasteiger partial charge in [-0.3, -0.25) is 4.57 Å². The Bertz CT molecular complexity index is 1840. The van der Waals surface area contributed by atoms with Gasteiger partial charge < -0.3 is 0 Å². The van der Waals surface area contributed by atoms with Crippen LogP contribution in [0.1, 0.15) is 51.6 Å². The molecule has 8 rings (SSSR count). The third-order valence-electron chi connectivity index (χ3n) is 9.46. The fraction of sp³-hybridized carbons (Fsp3) is 0.314. The van der Waals surface area contributed by atoms with Gasteiger partial charge in [-0.25, -0.2) is 9.97 Å². The van der Waals surface area contributed by atoms with Gasteiger partial charge in [-0.2, -0.15) is 0 Å². The lowest BCUT2D eigenvalue weighted by Gasteiger charge is -2.50. The Kier molecular flexibility index (Phi) is 4.77. The molecule has 2 bridgehead atoms. The highest BCUT2D eigenvalue weighted by molar-refractivity contribution is 6.13. The van der Waals surface area contributed by atoms with Crippen LogP contribution in [-0.4, -0.2) is 14.5 Å². The predicted molar refractivity (Wildman–Crippen MR) is 158 cm³/mol. The summed E-state index contributed by atoms with van der Waals surface area (Å²) >= 11 is 0. The van der Waals surface area contributed by atoms with Gasteiger partial charge in [0.25, 0.3) is 0 Å². The van der Waals surface area contributed by atoms with Gasteiger partial charge in [-0.15, -0.1) is 0 Å². The lowest BCUT2D eigenvalue weighted by molar-refractivity contribution is 0.0761. The van der Waals surface area contributed by atoms with E-state index in [9.17, 15) is 0 Å². The summed E-state index contributed by atoms with van der Waals surface area (Å²) < 4.78 is 2.32. The first-order chi connectivity index (χ1) is 18.6. The Labute approximate surface area is 223 Å². The second-order valence-corrected chi connectivity index (χ2v) is 12.4. The Balaban J connectivity index is 1.45. The van der Waals surface area contributed by atoms with E-state index in [0.717, 1.165) is 29.2 Å². The van der Waals surface area contributed by atoms with Gasteiger partial charge in [-0.05, 0) is 84.9 Å². The van der Waals surface area contributed by atoms with Gasteiger partial charge >= 0.3 is 0 Å². The standard InChI is InChI=1S/C35H33N3/c1-22-15-24-16-23(2)20-35(19-22,21-24)33-28-12-5-7-13-30(28)36-34(37-33)38-31-14-8-6-11-27(31)29-17-25-9-3-4-10-26(25)18-32(29)38/h3-14,17-18,22-24H,15-16,19-21H2,1-2H3/t22-,23-,24?,35?/m0/s1. The van der Waals surface area contributed by atoms with E-state index in [1.807, 2.05) is 0 Å². The molecule has 2 saturated carbocycles. The van der Waals surface area contributed by atoms with Crippen LogP contribution in [0.4, 0.5) is 0 Å². The van der Waals surface area contributed by atoms with Crippen LogP contribution in [0.3, 0.4) is 0 Å². The topological polar surface area (TPSA) is 30.7 Å². The summed E-state index contributed by atoms with van der Waals surface area (Å²) in [6, 6.07) is 30.8. The van der Waals surface area contributed by atoms with Crippen LogP contribution in [0, 0.1) is 17.8 Å². The summed E-state index contributed by atoms with van der Waals surface area (Å²) in [4.78, 5) is 10.8. The predicted octanol–water partition coefficient (Wildman–Crippen LogP) is 8.98. The molecule has 2 atom stereocenters. The Hall–Kier alpha value is -3.72. The molecule has 188 valence electrons. The van der Waals surface area contributed by atoms with E-state index in [1.54, 1.807) is 0 Å². The first kappa shape index (κ1) is 22.3. The molecule has 2 aliphatic rings. The maximum Gasteiger partial charge on any atom is 0.235 e. The van der Waals surface area contributed by atoms with Crippen LogP contribution in [0.2, 0.25) is 0 Å². The van der Waals surface area contributed by atoms with Crippen molar-refractivity contribution in [2.24, 2.45) is 17.8 Å². The van der Waals surface area contributed by atoms with Gasteiger partial charge in [0.05, 0.1) is 22.2 Å². The highest BCUT2D eigenvalue weighted by Crippen LogP contribution is 2.54. The number of fused-ring (bicyclic) bond motifs is 7. The second kappa shape index (κ2) is 8.14. The van der Waals surface area contributed by atoms with Crippen LogP contribution >= 0.6 is 0 Å². The first-order valence-electron chi connectivity index (χ1n) is 14.3. The fourth-order valence-electron chi connectivity index (χ4n) is 8.43. The van der Waals surface area contributed by atoms with Gasteiger partial charge in [0.2, 0.25) is 5.95 Å². The zero-order valence-corrected chi connectivity index (χ0v) is 22.2. The Morgan fingerprint density at radius 3 is 2.11 bits per heavy atom. The lowest BCUT2D eigenvalue weighted by atomic mass is 9.55. The van der Waals surface area contributed by atoms with Crippen LogP contribution in [0.25, 0.3) is 49.4 Å². The molecule has 4 aromatic carbocycles. The van der Waals surface area contributed by atoms with Crippen molar-refractivity contribution in [3.63, 3.8) is 0 Å². The van der Waals surface area contributed by atoms with Crippen LogP contribution < -0.4 is 0 Å². The minimum absolute atomic E-state index is 0.128. The average Bonchev–Trinajstić information content (AvgIpc) is 3.23. The molecule has 0 saturated heterocycles. The van der Waals surface area contributed by atoms with Gasteiger partial charge in [-0.1, -0.05) is 74.5 Å². The van der Waals surface area contributed by atoms with E-state index in [0.29, 0.717) is 0 Å². The van der Waals surface area contributed by atoms with Gasteiger partial charge in [0.15, 0.2) is 0 Å². The summed E-state index contributed by atoms with van der Waals surface area (Å²) in [7, 11) is 0. The molecule has 3 nitrogen and oxygen atoms in total. The monoisotopic (exact) mass is 495 g/mol. The quantitative estimate of drug-likeness (QED) is 0.240. The highest BCUT2D eigenvalue weighted by Gasteiger charge is 2.47. The molecule has 6 aromatic rings. The van der Waals surface area contributed by atoms with Crippen molar-refractivity contribution in [2.75, 3.05) is 0 Å². The molecule has 0 N–H and O–H groups in total. The van der Waals surface area contributed by atoms with Crippen molar-refractivity contribution in [3.05, 3.63) is 90.6 Å². The minimum atomic E-state index is 0.128. The van der Waals surface area contributed by atoms with Crippen LogP contribution in [0.15, 0.2) is 84.9 Å². The number of hydrogen-bond donors (Lipinski definition) is 0. The summed E-state index contributed by atoms with van der Waals surface area (Å²) in [6.07, 6.45) is 6.45. The summed E-state index contributed by atoms with van der Waals surface area (Å²) in [5.41, 5.74) is 4.82. The molecular weight excluding hydrogens is 462 g/mol. The third-order valence-corrected chi connectivity index (χ3v) is 9.46. The van der Waals surface area contributed by atoms with Crippen molar-refractivity contribution in [1.29, 1.82) is 0 Å². The summed E-state index contributed by atoms with van der Waals surface area (Å²) in [5.74, 6) is 3.08. The zero-order valence-electron chi connectivity index (χ0n) is 22.2. The first-order valence-corrected chi connectivity index (χ1v) is 14.3. The third kappa shape index (κ3) is 3.27. The molecular formula is C35H33N3.